The van der Waals surface area contributed by atoms with Crippen LogP contribution in [0.3, 0.4) is 0 Å². The summed E-state index contributed by atoms with van der Waals surface area (Å²) in [5.41, 5.74) is 8.53. The van der Waals surface area contributed by atoms with Crippen molar-refractivity contribution in [2.24, 2.45) is 5.92 Å². The first-order chi connectivity index (χ1) is 9.69. The summed E-state index contributed by atoms with van der Waals surface area (Å²) in [4.78, 5) is 10.4. The van der Waals surface area contributed by atoms with E-state index in [2.05, 4.69) is 16.8 Å². The minimum Gasteiger partial charge on any atom is -0.399 e. The Morgan fingerprint density at radius 1 is 1.50 bits per heavy atom. The Kier molecular flexibility index (Phi) is 3.53. The van der Waals surface area contributed by atoms with Crippen molar-refractivity contribution in [2.45, 2.75) is 25.8 Å². The van der Waals surface area contributed by atoms with Crippen LogP contribution >= 0.6 is 0 Å². The number of aromatic nitrogens is 2. The lowest BCUT2D eigenvalue weighted by molar-refractivity contribution is 0.202. The topological polar surface area (TPSA) is 67.2 Å². The van der Waals surface area contributed by atoms with Gasteiger partial charge in [0, 0.05) is 25.4 Å². The van der Waals surface area contributed by atoms with Gasteiger partial charge in [0.2, 0.25) is 5.95 Å². The van der Waals surface area contributed by atoms with Crippen molar-refractivity contribution < 1.29 is 4.74 Å². The second-order valence-corrected chi connectivity index (χ2v) is 5.60. The van der Waals surface area contributed by atoms with Crippen LogP contribution in [0.1, 0.15) is 19.8 Å². The highest BCUT2D eigenvalue weighted by Gasteiger charge is 2.33. The number of anilines is 2. The number of H-pyrrole nitrogens is 1. The van der Waals surface area contributed by atoms with Gasteiger partial charge in [0.05, 0.1) is 17.6 Å². The molecule has 0 aliphatic heterocycles. The van der Waals surface area contributed by atoms with Crippen LogP contribution in [-0.2, 0) is 4.74 Å². The quantitative estimate of drug-likeness (QED) is 0.794. The fourth-order valence-corrected chi connectivity index (χ4v) is 2.67. The highest BCUT2D eigenvalue weighted by atomic mass is 16.5. The van der Waals surface area contributed by atoms with Crippen LogP contribution in [0.25, 0.3) is 11.0 Å². The van der Waals surface area contributed by atoms with Gasteiger partial charge in [-0.3, -0.25) is 0 Å². The summed E-state index contributed by atoms with van der Waals surface area (Å²) < 4.78 is 5.23. The largest absolute Gasteiger partial charge is 0.399 e. The zero-order valence-corrected chi connectivity index (χ0v) is 12.1. The molecule has 5 heteroatoms. The van der Waals surface area contributed by atoms with Crippen LogP contribution in [0.5, 0.6) is 0 Å². The van der Waals surface area contributed by atoms with E-state index in [-0.39, 0.29) is 0 Å². The summed E-state index contributed by atoms with van der Waals surface area (Å²) in [6.45, 7) is 3.83. The fourth-order valence-electron chi connectivity index (χ4n) is 2.67. The number of benzene rings is 1. The molecule has 1 saturated carbocycles. The fraction of sp³-hybridized carbons (Fsp3) is 0.533. The van der Waals surface area contributed by atoms with Crippen LogP contribution < -0.4 is 10.6 Å². The van der Waals surface area contributed by atoms with Crippen molar-refractivity contribution in [3.8, 4) is 0 Å². The molecule has 1 unspecified atom stereocenters. The average Bonchev–Trinajstić information content (AvgIpc) is 3.20. The molecule has 1 fully saturated rings. The summed E-state index contributed by atoms with van der Waals surface area (Å²) in [5, 5.41) is 0. The molecule has 0 bridgehead atoms. The number of nitrogen functional groups attached to an aromatic ring is 1. The van der Waals surface area contributed by atoms with E-state index in [1.807, 2.05) is 18.2 Å². The second-order valence-electron chi connectivity index (χ2n) is 5.60. The van der Waals surface area contributed by atoms with Crippen LogP contribution in [0.4, 0.5) is 11.6 Å². The van der Waals surface area contributed by atoms with Gasteiger partial charge in [0.15, 0.2) is 0 Å². The number of hydrogen-bond acceptors (Lipinski definition) is 4. The summed E-state index contributed by atoms with van der Waals surface area (Å²) in [5.74, 6) is 1.70. The van der Waals surface area contributed by atoms with Gasteiger partial charge < -0.3 is 20.4 Å². The smallest absolute Gasteiger partial charge is 0.204 e. The molecule has 1 atom stereocenters. The highest BCUT2D eigenvalue weighted by Crippen LogP contribution is 2.36. The predicted octanol–water partition coefficient (Wildman–Crippen LogP) is 2.40. The number of rotatable bonds is 6. The number of aromatic amines is 1. The van der Waals surface area contributed by atoms with E-state index in [1.54, 1.807) is 7.11 Å². The first kappa shape index (κ1) is 13.2. The van der Waals surface area contributed by atoms with Gasteiger partial charge in [0.25, 0.3) is 0 Å². The zero-order chi connectivity index (χ0) is 14.1. The van der Waals surface area contributed by atoms with Gasteiger partial charge in [0.1, 0.15) is 0 Å². The lowest BCUT2D eigenvalue weighted by atomic mass is 10.2. The van der Waals surface area contributed by atoms with Crippen LogP contribution in [-0.4, -0.2) is 36.3 Å². The van der Waals surface area contributed by atoms with Crippen molar-refractivity contribution in [1.82, 2.24) is 9.97 Å². The lowest BCUT2D eigenvalue weighted by Gasteiger charge is -2.28. The standard InChI is InChI=1S/C15H22N4O/c1-10(11-3-4-11)19(7-8-20-2)15-17-13-6-5-12(16)9-14(13)18-15/h5-6,9-11H,3-4,7-8,16H2,1-2H3,(H,17,18). The molecule has 0 saturated heterocycles. The molecule has 3 N–H and O–H groups in total. The van der Waals surface area contributed by atoms with Gasteiger partial charge in [-0.05, 0) is 43.9 Å². The molecule has 1 aliphatic carbocycles. The average molecular weight is 274 g/mol. The van der Waals surface area contributed by atoms with E-state index < -0.39 is 0 Å². The molecule has 108 valence electrons. The Bertz CT molecular complexity index is 591. The Morgan fingerprint density at radius 3 is 3.00 bits per heavy atom. The molecule has 0 radical (unpaired) electrons. The van der Waals surface area contributed by atoms with Crippen molar-refractivity contribution in [3.63, 3.8) is 0 Å². The number of nitrogens with one attached hydrogen (secondary N) is 1. The number of methoxy groups -OCH3 is 1. The van der Waals surface area contributed by atoms with E-state index in [1.165, 1.54) is 12.8 Å². The molecule has 1 aromatic carbocycles. The maximum atomic E-state index is 5.83. The highest BCUT2D eigenvalue weighted by molar-refractivity contribution is 5.80. The molecule has 0 amide bonds. The van der Waals surface area contributed by atoms with E-state index in [9.17, 15) is 0 Å². The van der Waals surface area contributed by atoms with Crippen LogP contribution in [0.2, 0.25) is 0 Å². The number of imidazole rings is 1. The molecular formula is C15H22N4O. The molecule has 5 nitrogen and oxygen atoms in total. The Labute approximate surface area is 119 Å². The van der Waals surface area contributed by atoms with Gasteiger partial charge in [-0.25, -0.2) is 4.98 Å². The molecule has 1 aromatic heterocycles. The van der Waals surface area contributed by atoms with E-state index in [4.69, 9.17) is 15.5 Å². The SMILES string of the molecule is COCCN(c1nc2ccc(N)cc2[nH]1)C(C)C1CC1. The number of fused-ring (bicyclic) bond motifs is 1. The predicted molar refractivity (Wildman–Crippen MR) is 81.9 cm³/mol. The van der Waals surface area contributed by atoms with E-state index >= 15 is 0 Å². The molecule has 20 heavy (non-hydrogen) atoms. The minimum atomic E-state index is 0.489. The molecule has 1 aliphatic rings. The Hall–Kier alpha value is -1.75. The zero-order valence-electron chi connectivity index (χ0n) is 12.1. The number of nitrogens with zero attached hydrogens (tertiary/aromatic N) is 2. The summed E-state index contributed by atoms with van der Waals surface area (Å²) >= 11 is 0. The van der Waals surface area contributed by atoms with Gasteiger partial charge in [-0.2, -0.15) is 0 Å². The van der Waals surface area contributed by atoms with Gasteiger partial charge in [-0.1, -0.05) is 0 Å². The molecule has 0 spiro atoms. The van der Waals surface area contributed by atoms with Gasteiger partial charge >= 0.3 is 0 Å². The van der Waals surface area contributed by atoms with Crippen molar-refractivity contribution in [3.05, 3.63) is 18.2 Å². The number of nitrogens with two attached hydrogens (primary N) is 1. The van der Waals surface area contributed by atoms with Crippen molar-refractivity contribution in [1.29, 1.82) is 0 Å². The molecular weight excluding hydrogens is 252 g/mol. The maximum absolute atomic E-state index is 5.83. The van der Waals surface area contributed by atoms with Crippen LogP contribution in [0.15, 0.2) is 18.2 Å². The third-order valence-corrected chi connectivity index (χ3v) is 4.10. The number of ether oxygens (including phenoxy) is 1. The van der Waals surface area contributed by atoms with Gasteiger partial charge in [-0.15, -0.1) is 0 Å². The normalized spacial score (nSPS) is 16.5. The van der Waals surface area contributed by atoms with Crippen LogP contribution in [0, 0.1) is 5.92 Å². The summed E-state index contributed by atoms with van der Waals surface area (Å²) in [6, 6.07) is 6.27. The number of hydrogen-bond donors (Lipinski definition) is 2. The Balaban J connectivity index is 1.90. The summed E-state index contributed by atoms with van der Waals surface area (Å²) in [6.07, 6.45) is 2.63. The third kappa shape index (κ3) is 2.58. The van der Waals surface area contributed by atoms with Crippen molar-refractivity contribution >= 4 is 22.7 Å². The monoisotopic (exact) mass is 274 g/mol. The molecule has 2 aromatic rings. The molecule has 1 heterocycles. The first-order valence-electron chi connectivity index (χ1n) is 7.20. The summed E-state index contributed by atoms with van der Waals surface area (Å²) in [7, 11) is 1.74. The van der Waals surface area contributed by atoms with E-state index in [0.717, 1.165) is 35.1 Å². The third-order valence-electron chi connectivity index (χ3n) is 4.10. The maximum Gasteiger partial charge on any atom is 0.204 e. The minimum absolute atomic E-state index is 0.489. The Morgan fingerprint density at radius 2 is 2.30 bits per heavy atom. The lowest BCUT2D eigenvalue weighted by Crippen LogP contribution is -2.38. The van der Waals surface area contributed by atoms with E-state index in [0.29, 0.717) is 12.6 Å². The van der Waals surface area contributed by atoms with Crippen molar-refractivity contribution in [2.75, 3.05) is 30.9 Å². The first-order valence-corrected chi connectivity index (χ1v) is 7.20. The second kappa shape index (κ2) is 5.32. The molecule has 3 rings (SSSR count).